The minimum Gasteiger partial charge on any atom is -0.504 e. The summed E-state index contributed by atoms with van der Waals surface area (Å²) in [7, 11) is 1.48. The van der Waals surface area contributed by atoms with Gasteiger partial charge in [0.05, 0.1) is 7.11 Å². The Morgan fingerprint density at radius 1 is 1.57 bits per heavy atom. The van der Waals surface area contributed by atoms with E-state index in [1.54, 1.807) is 6.07 Å². The van der Waals surface area contributed by atoms with Gasteiger partial charge in [-0.05, 0) is 19.1 Å². The highest BCUT2D eigenvalue weighted by atomic mass is 127. The number of rotatable bonds is 3. The summed E-state index contributed by atoms with van der Waals surface area (Å²) >= 11 is 2.17. The number of carbonyl (C=O) groups is 1. The third-order valence-corrected chi connectivity index (χ3v) is 2.56. The standard InChI is InChI=1S/C10H11IO3/c1-6(11)9-7(5-12)3-4-8(13)10(9)14-2/h3-6,13H,1-2H3. The molecule has 0 heterocycles. The Balaban J connectivity index is 3.43. The average Bonchev–Trinajstić information content (AvgIpc) is 2.17. The SMILES string of the molecule is COc1c(O)ccc(C=O)c1C(C)I. The number of aldehydes is 1. The maximum absolute atomic E-state index is 10.8. The molecule has 0 aliphatic carbocycles. The number of halogens is 1. The maximum Gasteiger partial charge on any atom is 0.165 e. The van der Waals surface area contributed by atoms with Crippen molar-refractivity contribution in [3.8, 4) is 11.5 Å². The minimum atomic E-state index is 0.0663. The van der Waals surface area contributed by atoms with Gasteiger partial charge in [0.2, 0.25) is 0 Å². The van der Waals surface area contributed by atoms with E-state index in [0.717, 1.165) is 11.8 Å². The lowest BCUT2D eigenvalue weighted by Gasteiger charge is -2.14. The maximum atomic E-state index is 10.8. The van der Waals surface area contributed by atoms with E-state index in [1.165, 1.54) is 13.2 Å². The van der Waals surface area contributed by atoms with Crippen molar-refractivity contribution < 1.29 is 14.6 Å². The summed E-state index contributed by atoms with van der Waals surface area (Å²) in [6.45, 7) is 1.94. The number of hydrogen-bond acceptors (Lipinski definition) is 3. The summed E-state index contributed by atoms with van der Waals surface area (Å²) in [6.07, 6.45) is 0.770. The minimum absolute atomic E-state index is 0.0663. The molecule has 4 heteroatoms. The third-order valence-electron chi connectivity index (χ3n) is 1.94. The molecule has 0 saturated heterocycles. The quantitative estimate of drug-likeness (QED) is 0.530. The number of phenols is 1. The second-order valence-electron chi connectivity index (χ2n) is 2.85. The molecule has 1 rings (SSSR count). The van der Waals surface area contributed by atoms with Crippen molar-refractivity contribution in [2.75, 3.05) is 7.11 Å². The predicted molar refractivity (Wildman–Crippen MR) is 62.5 cm³/mol. The molecule has 0 amide bonds. The van der Waals surface area contributed by atoms with Crippen LogP contribution in [0.15, 0.2) is 12.1 Å². The van der Waals surface area contributed by atoms with Crippen LogP contribution in [-0.4, -0.2) is 18.5 Å². The van der Waals surface area contributed by atoms with Gasteiger partial charge in [0.25, 0.3) is 0 Å². The van der Waals surface area contributed by atoms with Crippen LogP contribution in [0.1, 0.15) is 26.8 Å². The van der Waals surface area contributed by atoms with E-state index in [4.69, 9.17) is 4.74 Å². The largest absolute Gasteiger partial charge is 0.504 e. The highest BCUT2D eigenvalue weighted by Crippen LogP contribution is 2.39. The van der Waals surface area contributed by atoms with Crippen LogP contribution < -0.4 is 4.74 Å². The average molecular weight is 306 g/mol. The summed E-state index contributed by atoms with van der Waals surface area (Å²) in [5, 5.41) is 9.52. The van der Waals surface area contributed by atoms with Gasteiger partial charge in [0.15, 0.2) is 17.8 Å². The molecule has 0 aromatic heterocycles. The molecule has 0 fully saturated rings. The van der Waals surface area contributed by atoms with E-state index in [2.05, 4.69) is 22.6 Å². The second-order valence-corrected chi connectivity index (χ2v) is 4.72. The topological polar surface area (TPSA) is 46.5 Å². The van der Waals surface area contributed by atoms with Crippen molar-refractivity contribution in [2.24, 2.45) is 0 Å². The number of aromatic hydroxyl groups is 1. The van der Waals surface area contributed by atoms with Gasteiger partial charge in [-0.3, -0.25) is 4.79 Å². The molecular formula is C10H11IO3. The van der Waals surface area contributed by atoms with Crippen molar-refractivity contribution in [1.29, 1.82) is 0 Å². The van der Waals surface area contributed by atoms with E-state index < -0.39 is 0 Å². The lowest BCUT2D eigenvalue weighted by atomic mass is 10.0. The zero-order chi connectivity index (χ0) is 10.7. The van der Waals surface area contributed by atoms with Crippen molar-refractivity contribution in [3.63, 3.8) is 0 Å². The fourth-order valence-electron chi connectivity index (χ4n) is 1.33. The van der Waals surface area contributed by atoms with Gasteiger partial charge in [-0.15, -0.1) is 0 Å². The number of methoxy groups -OCH3 is 1. The summed E-state index contributed by atoms with van der Waals surface area (Å²) in [5.74, 6) is 0.452. The van der Waals surface area contributed by atoms with Crippen molar-refractivity contribution in [2.45, 2.75) is 10.8 Å². The normalized spacial score (nSPS) is 12.2. The number of alkyl halides is 1. The van der Waals surface area contributed by atoms with E-state index in [-0.39, 0.29) is 9.67 Å². The first kappa shape index (κ1) is 11.3. The number of carbonyl (C=O) groups excluding carboxylic acids is 1. The first-order chi connectivity index (χ1) is 6.61. The molecule has 0 radical (unpaired) electrons. The summed E-state index contributed by atoms with van der Waals surface area (Å²) < 4.78 is 5.17. The van der Waals surface area contributed by atoms with Gasteiger partial charge >= 0.3 is 0 Å². The molecule has 1 N–H and O–H groups in total. The molecule has 1 atom stereocenters. The van der Waals surface area contributed by atoms with Crippen LogP contribution in [0.3, 0.4) is 0 Å². The van der Waals surface area contributed by atoms with E-state index in [0.29, 0.717) is 11.3 Å². The Morgan fingerprint density at radius 2 is 2.21 bits per heavy atom. The van der Waals surface area contributed by atoms with Crippen molar-refractivity contribution in [1.82, 2.24) is 0 Å². The molecular weight excluding hydrogens is 295 g/mol. The fraction of sp³-hybridized carbons (Fsp3) is 0.300. The molecule has 1 aromatic rings. The van der Waals surface area contributed by atoms with Gasteiger partial charge in [-0.2, -0.15) is 0 Å². The van der Waals surface area contributed by atoms with Gasteiger partial charge in [-0.25, -0.2) is 0 Å². The fourth-order valence-corrected chi connectivity index (χ4v) is 1.97. The molecule has 0 spiro atoms. The highest BCUT2D eigenvalue weighted by molar-refractivity contribution is 14.1. The van der Waals surface area contributed by atoms with Crippen LogP contribution in [0.25, 0.3) is 0 Å². The Bertz CT molecular complexity index is 347. The van der Waals surface area contributed by atoms with Crippen LogP contribution in [0.5, 0.6) is 11.5 Å². The number of hydrogen-bond donors (Lipinski definition) is 1. The third kappa shape index (κ3) is 2.00. The molecule has 14 heavy (non-hydrogen) atoms. The van der Waals surface area contributed by atoms with Crippen molar-refractivity contribution >= 4 is 28.9 Å². The van der Waals surface area contributed by atoms with E-state index >= 15 is 0 Å². The van der Waals surface area contributed by atoms with Gasteiger partial charge in [0.1, 0.15) is 0 Å². The molecule has 0 bridgehead atoms. The molecule has 0 aliphatic heterocycles. The molecule has 0 aliphatic rings. The van der Waals surface area contributed by atoms with Gasteiger partial charge in [0, 0.05) is 15.1 Å². The number of phenolic OH excluding ortho intramolecular Hbond substituents is 1. The summed E-state index contributed by atoms with van der Waals surface area (Å²) in [6, 6.07) is 3.06. The van der Waals surface area contributed by atoms with Crippen LogP contribution in [0.4, 0.5) is 0 Å². The van der Waals surface area contributed by atoms with E-state index in [1.807, 2.05) is 6.92 Å². The lowest BCUT2D eigenvalue weighted by Crippen LogP contribution is -1.98. The van der Waals surface area contributed by atoms with Crippen LogP contribution >= 0.6 is 22.6 Å². The molecule has 3 nitrogen and oxygen atoms in total. The monoisotopic (exact) mass is 306 g/mol. The number of ether oxygens (including phenoxy) is 1. The first-order valence-corrected chi connectivity index (χ1v) is 5.35. The zero-order valence-corrected chi connectivity index (χ0v) is 10.1. The van der Waals surface area contributed by atoms with Gasteiger partial charge < -0.3 is 9.84 Å². The van der Waals surface area contributed by atoms with E-state index in [9.17, 15) is 9.90 Å². The Hall–Kier alpha value is -0.780. The summed E-state index contributed by atoms with van der Waals surface area (Å²) in [4.78, 5) is 10.8. The zero-order valence-electron chi connectivity index (χ0n) is 7.95. The van der Waals surface area contributed by atoms with Gasteiger partial charge in [-0.1, -0.05) is 22.6 Å². The van der Waals surface area contributed by atoms with Crippen LogP contribution in [0, 0.1) is 0 Å². The Labute approximate surface area is 96.2 Å². The van der Waals surface area contributed by atoms with Crippen LogP contribution in [-0.2, 0) is 0 Å². The summed E-state index contributed by atoms with van der Waals surface area (Å²) in [5.41, 5.74) is 1.30. The Kier molecular flexibility index (Phi) is 3.74. The molecule has 0 saturated carbocycles. The van der Waals surface area contributed by atoms with Crippen molar-refractivity contribution in [3.05, 3.63) is 23.3 Å². The molecule has 1 unspecified atom stereocenters. The second kappa shape index (κ2) is 4.63. The first-order valence-electron chi connectivity index (χ1n) is 4.11. The Morgan fingerprint density at radius 3 is 2.64 bits per heavy atom. The molecule has 76 valence electrons. The number of benzene rings is 1. The molecule has 1 aromatic carbocycles. The lowest BCUT2D eigenvalue weighted by molar-refractivity contribution is 0.112. The van der Waals surface area contributed by atoms with Crippen LogP contribution in [0.2, 0.25) is 0 Å². The predicted octanol–water partition coefficient (Wildman–Crippen LogP) is 2.71. The highest BCUT2D eigenvalue weighted by Gasteiger charge is 2.16. The smallest absolute Gasteiger partial charge is 0.165 e.